The van der Waals surface area contributed by atoms with E-state index < -0.39 is 0 Å². The van der Waals surface area contributed by atoms with Crippen LogP contribution in [-0.4, -0.2) is 25.7 Å². The van der Waals surface area contributed by atoms with Crippen molar-refractivity contribution >= 4 is 11.8 Å². The van der Waals surface area contributed by atoms with Crippen molar-refractivity contribution < 1.29 is 8.91 Å². The van der Waals surface area contributed by atoms with E-state index in [2.05, 4.69) is 21.9 Å². The van der Waals surface area contributed by atoms with Gasteiger partial charge in [0, 0.05) is 17.9 Å². The molecule has 0 aliphatic heterocycles. The van der Waals surface area contributed by atoms with Crippen LogP contribution in [0.5, 0.6) is 0 Å². The lowest BCUT2D eigenvalue weighted by Gasteiger charge is -2.08. The molecule has 0 aliphatic rings. The molecular formula is C18H19FN4OS. The molecule has 1 aromatic carbocycles. The molecule has 0 unspecified atom stereocenters. The summed E-state index contributed by atoms with van der Waals surface area (Å²) in [5.74, 6) is 1.85. The maximum absolute atomic E-state index is 14.1. The quantitative estimate of drug-likeness (QED) is 0.468. The summed E-state index contributed by atoms with van der Waals surface area (Å²) in [7, 11) is 0. The van der Waals surface area contributed by atoms with Crippen LogP contribution in [0.25, 0.3) is 11.4 Å². The van der Waals surface area contributed by atoms with E-state index in [1.807, 2.05) is 18.4 Å². The van der Waals surface area contributed by atoms with E-state index in [4.69, 9.17) is 4.52 Å². The van der Waals surface area contributed by atoms with Crippen LogP contribution in [0.1, 0.15) is 17.0 Å². The Balaban J connectivity index is 1.80. The lowest BCUT2D eigenvalue weighted by molar-refractivity contribution is 0.392. The van der Waals surface area contributed by atoms with Gasteiger partial charge in [0.25, 0.3) is 0 Å². The zero-order valence-corrected chi connectivity index (χ0v) is 15.0. The molecule has 0 saturated heterocycles. The van der Waals surface area contributed by atoms with Crippen LogP contribution in [0.15, 0.2) is 46.6 Å². The van der Waals surface area contributed by atoms with Crippen LogP contribution in [-0.2, 0) is 13.0 Å². The van der Waals surface area contributed by atoms with Gasteiger partial charge in [0.2, 0.25) is 0 Å². The van der Waals surface area contributed by atoms with Crippen molar-refractivity contribution in [3.05, 3.63) is 59.8 Å². The Morgan fingerprint density at radius 1 is 1.28 bits per heavy atom. The van der Waals surface area contributed by atoms with Gasteiger partial charge in [0.15, 0.2) is 11.0 Å². The molecule has 3 rings (SSSR count). The summed E-state index contributed by atoms with van der Waals surface area (Å²) in [5, 5.41) is 13.1. The van der Waals surface area contributed by atoms with E-state index >= 15 is 0 Å². The van der Waals surface area contributed by atoms with Gasteiger partial charge in [-0.3, -0.25) is 4.57 Å². The van der Waals surface area contributed by atoms with Crippen LogP contribution < -0.4 is 0 Å². The first-order valence-electron chi connectivity index (χ1n) is 7.95. The Morgan fingerprint density at radius 3 is 2.76 bits per heavy atom. The minimum Gasteiger partial charge on any atom is -0.361 e. The molecule has 7 heteroatoms. The van der Waals surface area contributed by atoms with Gasteiger partial charge in [-0.2, -0.15) is 0 Å². The Morgan fingerprint density at radius 2 is 2.08 bits per heavy atom. The number of hydrogen-bond donors (Lipinski definition) is 0. The molecule has 0 bridgehead atoms. The lowest BCUT2D eigenvalue weighted by Crippen LogP contribution is -2.02. The van der Waals surface area contributed by atoms with Crippen LogP contribution in [0, 0.1) is 19.7 Å². The van der Waals surface area contributed by atoms with Gasteiger partial charge in [-0.15, -0.1) is 16.8 Å². The van der Waals surface area contributed by atoms with E-state index in [0.717, 1.165) is 34.3 Å². The fourth-order valence-electron chi connectivity index (χ4n) is 2.63. The Bertz CT molecular complexity index is 868. The highest BCUT2D eigenvalue weighted by atomic mass is 32.2. The number of hydrogen-bond acceptors (Lipinski definition) is 5. The number of halogens is 1. The van der Waals surface area contributed by atoms with Crippen LogP contribution in [0.4, 0.5) is 4.39 Å². The zero-order chi connectivity index (χ0) is 17.8. The summed E-state index contributed by atoms with van der Waals surface area (Å²) >= 11 is 1.57. The van der Waals surface area contributed by atoms with Crippen LogP contribution >= 0.6 is 11.8 Å². The topological polar surface area (TPSA) is 56.7 Å². The van der Waals surface area contributed by atoms with Gasteiger partial charge in [0.05, 0.1) is 11.3 Å². The number of rotatable bonds is 7. The third-order valence-corrected chi connectivity index (χ3v) is 4.88. The monoisotopic (exact) mass is 358 g/mol. The summed E-state index contributed by atoms with van der Waals surface area (Å²) in [5.41, 5.74) is 2.48. The van der Waals surface area contributed by atoms with Gasteiger partial charge in [-0.05, 0) is 32.4 Å². The maximum atomic E-state index is 14.1. The second-order valence-corrected chi connectivity index (χ2v) is 6.65. The molecule has 0 atom stereocenters. The highest BCUT2D eigenvalue weighted by Crippen LogP contribution is 2.27. The fraction of sp³-hybridized carbons (Fsp3) is 0.278. The minimum absolute atomic E-state index is 0.313. The number of aromatic nitrogens is 4. The zero-order valence-electron chi connectivity index (χ0n) is 14.2. The second-order valence-electron chi connectivity index (χ2n) is 5.59. The molecule has 25 heavy (non-hydrogen) atoms. The lowest BCUT2D eigenvalue weighted by atomic mass is 10.1. The first kappa shape index (κ1) is 17.4. The van der Waals surface area contributed by atoms with E-state index in [1.165, 1.54) is 6.07 Å². The van der Waals surface area contributed by atoms with Crippen molar-refractivity contribution in [2.75, 3.05) is 5.75 Å². The van der Waals surface area contributed by atoms with E-state index in [9.17, 15) is 4.39 Å². The van der Waals surface area contributed by atoms with Gasteiger partial charge in [0.1, 0.15) is 11.6 Å². The van der Waals surface area contributed by atoms with Gasteiger partial charge >= 0.3 is 0 Å². The van der Waals surface area contributed by atoms with Crippen molar-refractivity contribution in [2.24, 2.45) is 0 Å². The van der Waals surface area contributed by atoms with Crippen molar-refractivity contribution in [3.63, 3.8) is 0 Å². The predicted molar refractivity (Wildman–Crippen MR) is 96.0 cm³/mol. The Hall–Kier alpha value is -2.41. The summed E-state index contributed by atoms with van der Waals surface area (Å²) < 4.78 is 21.2. The SMILES string of the molecule is C=CCn1c(SCCc2c(C)noc2C)nnc1-c1ccccc1F. The molecule has 2 aromatic heterocycles. The van der Waals surface area contributed by atoms with Crippen molar-refractivity contribution in [3.8, 4) is 11.4 Å². The third kappa shape index (κ3) is 3.66. The molecule has 2 heterocycles. The first-order valence-corrected chi connectivity index (χ1v) is 8.94. The molecule has 5 nitrogen and oxygen atoms in total. The minimum atomic E-state index is -0.313. The first-order chi connectivity index (χ1) is 12.1. The fourth-order valence-corrected chi connectivity index (χ4v) is 3.54. The van der Waals surface area contributed by atoms with Gasteiger partial charge in [-0.1, -0.05) is 35.1 Å². The summed E-state index contributed by atoms with van der Waals surface area (Å²) in [6, 6.07) is 6.58. The number of aryl methyl sites for hydroxylation is 2. The highest BCUT2D eigenvalue weighted by molar-refractivity contribution is 7.99. The number of allylic oxidation sites excluding steroid dienone is 1. The average Bonchev–Trinajstić information content (AvgIpc) is 3.14. The smallest absolute Gasteiger partial charge is 0.191 e. The van der Waals surface area contributed by atoms with Gasteiger partial charge in [-0.25, -0.2) is 4.39 Å². The molecule has 3 aromatic rings. The van der Waals surface area contributed by atoms with Crippen molar-refractivity contribution in [2.45, 2.75) is 32.0 Å². The molecule has 0 N–H and O–H groups in total. The van der Waals surface area contributed by atoms with E-state index in [1.54, 1.807) is 36.0 Å². The van der Waals surface area contributed by atoms with Crippen molar-refractivity contribution in [1.82, 2.24) is 19.9 Å². The number of nitrogens with zero attached hydrogens (tertiary/aromatic N) is 4. The second kappa shape index (κ2) is 7.65. The largest absolute Gasteiger partial charge is 0.361 e. The highest BCUT2D eigenvalue weighted by Gasteiger charge is 2.17. The number of thioether (sulfide) groups is 1. The molecule has 130 valence electrons. The van der Waals surface area contributed by atoms with Crippen molar-refractivity contribution in [1.29, 1.82) is 0 Å². The maximum Gasteiger partial charge on any atom is 0.191 e. The molecule has 0 fully saturated rings. The molecule has 0 amide bonds. The molecule has 0 saturated carbocycles. The van der Waals surface area contributed by atoms with Crippen LogP contribution in [0.2, 0.25) is 0 Å². The predicted octanol–water partition coefficient (Wildman–Crippen LogP) is 4.21. The molecular weight excluding hydrogens is 339 g/mol. The summed E-state index contributed by atoms with van der Waals surface area (Å²) in [4.78, 5) is 0. The summed E-state index contributed by atoms with van der Waals surface area (Å²) in [6.45, 7) is 8.15. The summed E-state index contributed by atoms with van der Waals surface area (Å²) in [6.07, 6.45) is 2.58. The standard InChI is InChI=1S/C18H19FN4OS/c1-4-10-23-17(15-7-5-6-8-16(15)19)20-21-18(23)25-11-9-14-12(2)22-24-13(14)3/h4-8H,1,9-11H2,2-3H3. The van der Waals surface area contributed by atoms with Gasteiger partial charge < -0.3 is 4.52 Å². The molecule has 0 radical (unpaired) electrons. The number of benzene rings is 1. The Kier molecular flexibility index (Phi) is 5.33. The van der Waals surface area contributed by atoms with E-state index in [0.29, 0.717) is 17.9 Å². The molecule has 0 aliphatic carbocycles. The molecule has 0 spiro atoms. The Labute approximate surface area is 149 Å². The average molecular weight is 358 g/mol. The normalized spacial score (nSPS) is 11.0. The van der Waals surface area contributed by atoms with Crippen LogP contribution in [0.3, 0.4) is 0 Å². The van der Waals surface area contributed by atoms with E-state index in [-0.39, 0.29) is 5.82 Å². The third-order valence-electron chi connectivity index (χ3n) is 3.91.